The fourth-order valence-electron chi connectivity index (χ4n) is 1.83. The van der Waals surface area contributed by atoms with Gasteiger partial charge in [-0.3, -0.25) is 0 Å². The van der Waals surface area contributed by atoms with Crippen LogP contribution in [0.1, 0.15) is 26.5 Å². The standard InChI is InChI=1S/C14H15N3O3S/c1-8-4-3-5-10(13(18)19)12(8)17-14(20)15-6-11-9(2)16-7-21-11/h3-5,7H,6H2,1-2H3,(H,18,19)(H2,15,17,20). The number of para-hydroxylation sites is 1. The molecular formula is C14H15N3O3S. The molecule has 21 heavy (non-hydrogen) atoms. The molecule has 0 aliphatic rings. The van der Waals surface area contributed by atoms with Gasteiger partial charge in [0.25, 0.3) is 0 Å². The van der Waals surface area contributed by atoms with Gasteiger partial charge >= 0.3 is 12.0 Å². The first kappa shape index (κ1) is 15.0. The molecule has 0 aliphatic carbocycles. The number of rotatable bonds is 4. The number of nitrogens with zero attached hydrogens (tertiary/aromatic N) is 1. The van der Waals surface area contributed by atoms with Crippen LogP contribution in [0.25, 0.3) is 0 Å². The van der Waals surface area contributed by atoms with Gasteiger partial charge in [-0.15, -0.1) is 11.3 Å². The average Bonchev–Trinajstić information content (AvgIpc) is 2.84. The highest BCUT2D eigenvalue weighted by molar-refractivity contribution is 7.09. The van der Waals surface area contributed by atoms with Gasteiger partial charge in [0.15, 0.2) is 0 Å². The van der Waals surface area contributed by atoms with Crippen molar-refractivity contribution in [1.82, 2.24) is 10.3 Å². The number of carboxylic acids is 1. The van der Waals surface area contributed by atoms with Crippen molar-refractivity contribution in [3.63, 3.8) is 0 Å². The van der Waals surface area contributed by atoms with Gasteiger partial charge in [-0.2, -0.15) is 0 Å². The molecule has 0 saturated heterocycles. The maximum absolute atomic E-state index is 11.9. The van der Waals surface area contributed by atoms with Gasteiger partial charge in [0.2, 0.25) is 0 Å². The van der Waals surface area contributed by atoms with E-state index in [9.17, 15) is 9.59 Å². The van der Waals surface area contributed by atoms with E-state index in [-0.39, 0.29) is 5.56 Å². The summed E-state index contributed by atoms with van der Waals surface area (Å²) >= 11 is 1.46. The topological polar surface area (TPSA) is 91.3 Å². The minimum Gasteiger partial charge on any atom is -0.478 e. The van der Waals surface area contributed by atoms with E-state index in [2.05, 4.69) is 15.6 Å². The Labute approximate surface area is 125 Å². The van der Waals surface area contributed by atoms with Gasteiger partial charge in [0, 0.05) is 4.88 Å². The fourth-order valence-corrected chi connectivity index (χ4v) is 2.54. The highest BCUT2D eigenvalue weighted by Gasteiger charge is 2.14. The van der Waals surface area contributed by atoms with Crippen LogP contribution in [0.15, 0.2) is 23.7 Å². The molecule has 0 fully saturated rings. The third-order valence-electron chi connectivity index (χ3n) is 3.00. The molecule has 2 amide bonds. The van der Waals surface area contributed by atoms with E-state index in [1.807, 2.05) is 6.92 Å². The van der Waals surface area contributed by atoms with Crippen molar-refractivity contribution in [3.05, 3.63) is 45.4 Å². The zero-order valence-corrected chi connectivity index (χ0v) is 12.5. The summed E-state index contributed by atoms with van der Waals surface area (Å²) in [5.74, 6) is -1.08. The number of carboxylic acid groups (broad SMARTS) is 1. The predicted molar refractivity (Wildman–Crippen MR) is 80.8 cm³/mol. The molecule has 0 spiro atoms. The lowest BCUT2D eigenvalue weighted by Crippen LogP contribution is -2.29. The maximum atomic E-state index is 11.9. The normalized spacial score (nSPS) is 10.2. The van der Waals surface area contributed by atoms with Crippen molar-refractivity contribution >= 4 is 29.0 Å². The van der Waals surface area contributed by atoms with E-state index in [4.69, 9.17) is 5.11 Å². The number of benzene rings is 1. The Hall–Kier alpha value is -2.41. The molecule has 0 bridgehead atoms. The first-order valence-corrected chi connectivity index (χ1v) is 7.13. The fraction of sp³-hybridized carbons (Fsp3) is 0.214. The van der Waals surface area contributed by atoms with Crippen LogP contribution < -0.4 is 10.6 Å². The first-order valence-electron chi connectivity index (χ1n) is 6.25. The van der Waals surface area contributed by atoms with E-state index in [0.29, 0.717) is 17.8 Å². The zero-order valence-electron chi connectivity index (χ0n) is 11.6. The van der Waals surface area contributed by atoms with E-state index in [1.165, 1.54) is 17.4 Å². The molecule has 2 aromatic rings. The van der Waals surface area contributed by atoms with E-state index in [1.54, 1.807) is 24.6 Å². The van der Waals surface area contributed by atoms with Gasteiger partial charge in [-0.25, -0.2) is 14.6 Å². The number of carbonyl (C=O) groups is 2. The van der Waals surface area contributed by atoms with Crippen molar-refractivity contribution < 1.29 is 14.7 Å². The number of hydrogen-bond acceptors (Lipinski definition) is 4. The van der Waals surface area contributed by atoms with Crippen molar-refractivity contribution in [1.29, 1.82) is 0 Å². The van der Waals surface area contributed by atoms with Gasteiger partial charge in [-0.1, -0.05) is 12.1 Å². The van der Waals surface area contributed by atoms with E-state index >= 15 is 0 Å². The van der Waals surface area contributed by atoms with Crippen LogP contribution in [-0.2, 0) is 6.54 Å². The molecule has 0 aliphatic heterocycles. The third-order valence-corrected chi connectivity index (χ3v) is 3.93. The van der Waals surface area contributed by atoms with E-state index < -0.39 is 12.0 Å². The molecule has 1 heterocycles. The number of aryl methyl sites for hydroxylation is 2. The summed E-state index contributed by atoms with van der Waals surface area (Å²) in [7, 11) is 0. The summed E-state index contributed by atoms with van der Waals surface area (Å²) in [6, 6.07) is 4.40. The Kier molecular flexibility index (Phi) is 4.54. The number of amides is 2. The summed E-state index contributed by atoms with van der Waals surface area (Å²) in [5, 5.41) is 14.4. The molecular weight excluding hydrogens is 290 g/mol. The lowest BCUT2D eigenvalue weighted by molar-refractivity contribution is 0.0698. The maximum Gasteiger partial charge on any atom is 0.337 e. The summed E-state index contributed by atoms with van der Waals surface area (Å²) < 4.78 is 0. The summed E-state index contributed by atoms with van der Waals surface area (Å²) in [4.78, 5) is 28.1. The predicted octanol–water partition coefficient (Wildman–Crippen LogP) is 2.78. The van der Waals surface area contributed by atoms with Gasteiger partial charge < -0.3 is 15.7 Å². The number of anilines is 1. The second-order valence-electron chi connectivity index (χ2n) is 4.47. The minimum absolute atomic E-state index is 0.0686. The zero-order chi connectivity index (χ0) is 15.4. The lowest BCUT2D eigenvalue weighted by Gasteiger charge is -2.12. The quantitative estimate of drug-likeness (QED) is 0.810. The molecule has 110 valence electrons. The highest BCUT2D eigenvalue weighted by atomic mass is 32.1. The molecule has 0 radical (unpaired) electrons. The molecule has 0 unspecified atom stereocenters. The minimum atomic E-state index is -1.08. The van der Waals surface area contributed by atoms with E-state index in [0.717, 1.165) is 10.6 Å². The molecule has 3 N–H and O–H groups in total. The lowest BCUT2D eigenvalue weighted by atomic mass is 10.1. The Bertz CT molecular complexity index is 682. The van der Waals surface area contributed by atoms with Crippen LogP contribution in [0, 0.1) is 13.8 Å². The molecule has 0 saturated carbocycles. The highest BCUT2D eigenvalue weighted by Crippen LogP contribution is 2.20. The van der Waals surface area contributed by atoms with Crippen LogP contribution in [-0.4, -0.2) is 22.1 Å². The van der Waals surface area contributed by atoms with Crippen molar-refractivity contribution in [3.8, 4) is 0 Å². The number of aromatic carboxylic acids is 1. The Morgan fingerprint density at radius 2 is 2.10 bits per heavy atom. The van der Waals surface area contributed by atoms with Gasteiger partial charge in [0.1, 0.15) is 0 Å². The number of urea groups is 1. The van der Waals surface area contributed by atoms with Crippen LogP contribution in [0.3, 0.4) is 0 Å². The summed E-state index contributed by atoms with van der Waals surface area (Å²) in [5.41, 5.74) is 3.66. The number of nitrogens with one attached hydrogen (secondary N) is 2. The molecule has 0 atom stereocenters. The van der Waals surface area contributed by atoms with Crippen molar-refractivity contribution in [2.75, 3.05) is 5.32 Å². The van der Waals surface area contributed by atoms with Crippen molar-refractivity contribution in [2.24, 2.45) is 0 Å². The average molecular weight is 305 g/mol. The van der Waals surface area contributed by atoms with Gasteiger partial charge in [0.05, 0.1) is 29.0 Å². The molecule has 1 aromatic heterocycles. The number of carbonyl (C=O) groups excluding carboxylic acids is 1. The van der Waals surface area contributed by atoms with Crippen molar-refractivity contribution in [2.45, 2.75) is 20.4 Å². The Morgan fingerprint density at radius 3 is 2.71 bits per heavy atom. The largest absolute Gasteiger partial charge is 0.478 e. The number of thiazole rings is 1. The first-order chi connectivity index (χ1) is 9.99. The Balaban J connectivity index is 2.06. The third kappa shape index (κ3) is 3.57. The SMILES string of the molecule is Cc1cccc(C(=O)O)c1NC(=O)NCc1scnc1C. The monoisotopic (exact) mass is 305 g/mol. The Morgan fingerprint density at radius 1 is 1.33 bits per heavy atom. The van der Waals surface area contributed by atoms with Gasteiger partial charge in [-0.05, 0) is 25.5 Å². The molecule has 6 nitrogen and oxygen atoms in total. The smallest absolute Gasteiger partial charge is 0.337 e. The second kappa shape index (κ2) is 6.36. The van der Waals surface area contributed by atoms with Crippen LogP contribution >= 0.6 is 11.3 Å². The molecule has 2 rings (SSSR count). The molecule has 1 aromatic carbocycles. The number of hydrogen-bond donors (Lipinski definition) is 3. The summed E-state index contributed by atoms with van der Waals surface area (Å²) in [6.07, 6.45) is 0. The molecule has 7 heteroatoms. The van der Waals surface area contributed by atoms with Crippen LogP contribution in [0.4, 0.5) is 10.5 Å². The van der Waals surface area contributed by atoms with Crippen LogP contribution in [0.5, 0.6) is 0 Å². The van der Waals surface area contributed by atoms with Crippen LogP contribution in [0.2, 0.25) is 0 Å². The number of aromatic nitrogens is 1. The second-order valence-corrected chi connectivity index (χ2v) is 5.41. The summed E-state index contributed by atoms with van der Waals surface area (Å²) in [6.45, 7) is 3.97.